The third-order valence-corrected chi connectivity index (χ3v) is 3.30. The van der Waals surface area contributed by atoms with E-state index in [2.05, 4.69) is 5.32 Å². The van der Waals surface area contributed by atoms with Gasteiger partial charge in [-0.15, -0.1) is 0 Å². The Hall–Kier alpha value is -2.00. The van der Waals surface area contributed by atoms with Crippen LogP contribution in [0.1, 0.15) is 12.5 Å². The Morgan fingerprint density at radius 3 is 2.48 bits per heavy atom. The van der Waals surface area contributed by atoms with E-state index < -0.39 is 6.10 Å². The second-order valence-corrected chi connectivity index (χ2v) is 5.18. The van der Waals surface area contributed by atoms with E-state index >= 15 is 0 Å². The SMILES string of the molecule is C[C@@H](Oc1ccc(Cl)cc1)C(=O)NCCc1ccccc1. The molecule has 0 heterocycles. The molecule has 0 aliphatic heterocycles. The number of rotatable bonds is 6. The minimum absolute atomic E-state index is 0.124. The van der Waals surface area contributed by atoms with Crippen molar-refractivity contribution in [3.05, 3.63) is 65.2 Å². The molecule has 2 aromatic rings. The summed E-state index contributed by atoms with van der Waals surface area (Å²) in [4.78, 5) is 11.9. The predicted molar refractivity (Wildman–Crippen MR) is 84.7 cm³/mol. The standard InChI is InChI=1S/C17H18ClNO2/c1-13(21-16-9-7-15(18)8-10-16)17(20)19-12-11-14-5-3-2-4-6-14/h2-10,13H,11-12H2,1H3,(H,19,20)/t13-/m1/s1. The molecule has 0 spiro atoms. The van der Waals surface area contributed by atoms with Gasteiger partial charge in [0.25, 0.3) is 5.91 Å². The Kier molecular flexibility index (Phi) is 5.64. The van der Waals surface area contributed by atoms with Crippen LogP contribution in [0.5, 0.6) is 5.75 Å². The van der Waals surface area contributed by atoms with Crippen molar-refractivity contribution in [3.63, 3.8) is 0 Å². The van der Waals surface area contributed by atoms with Crippen LogP contribution >= 0.6 is 11.6 Å². The lowest BCUT2D eigenvalue weighted by Crippen LogP contribution is -2.37. The Morgan fingerprint density at radius 1 is 1.14 bits per heavy atom. The predicted octanol–water partition coefficient (Wildman–Crippen LogP) is 3.47. The summed E-state index contributed by atoms with van der Waals surface area (Å²) in [6.07, 6.45) is 0.266. The van der Waals surface area contributed by atoms with Gasteiger partial charge < -0.3 is 10.1 Å². The maximum atomic E-state index is 11.9. The van der Waals surface area contributed by atoms with Gasteiger partial charge in [0.1, 0.15) is 5.75 Å². The molecule has 4 heteroatoms. The van der Waals surface area contributed by atoms with Crippen LogP contribution in [0.2, 0.25) is 5.02 Å². The summed E-state index contributed by atoms with van der Waals surface area (Å²) in [5, 5.41) is 3.51. The number of hydrogen-bond acceptors (Lipinski definition) is 2. The lowest BCUT2D eigenvalue weighted by atomic mass is 10.1. The number of carbonyl (C=O) groups is 1. The lowest BCUT2D eigenvalue weighted by molar-refractivity contribution is -0.127. The topological polar surface area (TPSA) is 38.3 Å². The van der Waals surface area contributed by atoms with Gasteiger partial charge in [-0.25, -0.2) is 0 Å². The Labute approximate surface area is 129 Å². The van der Waals surface area contributed by atoms with Gasteiger partial charge in [0.05, 0.1) is 0 Å². The van der Waals surface area contributed by atoms with Crippen molar-refractivity contribution in [2.75, 3.05) is 6.54 Å². The van der Waals surface area contributed by atoms with Crippen molar-refractivity contribution in [2.24, 2.45) is 0 Å². The van der Waals surface area contributed by atoms with Crippen LogP contribution in [0.3, 0.4) is 0 Å². The average Bonchev–Trinajstić information content (AvgIpc) is 2.50. The zero-order valence-corrected chi connectivity index (χ0v) is 12.6. The number of hydrogen-bond donors (Lipinski definition) is 1. The highest BCUT2D eigenvalue weighted by Gasteiger charge is 2.13. The van der Waals surface area contributed by atoms with E-state index in [1.807, 2.05) is 30.3 Å². The van der Waals surface area contributed by atoms with Crippen molar-refractivity contribution in [1.29, 1.82) is 0 Å². The number of benzene rings is 2. The number of carbonyl (C=O) groups excluding carboxylic acids is 1. The molecule has 0 fully saturated rings. The molecule has 0 aliphatic carbocycles. The van der Waals surface area contributed by atoms with Gasteiger partial charge in [-0.1, -0.05) is 41.9 Å². The molecule has 1 amide bonds. The molecule has 2 rings (SSSR count). The first-order valence-corrected chi connectivity index (χ1v) is 7.27. The van der Waals surface area contributed by atoms with E-state index in [1.54, 1.807) is 31.2 Å². The first kappa shape index (κ1) is 15.4. The summed E-state index contributed by atoms with van der Waals surface area (Å²) in [6, 6.07) is 17.0. The minimum Gasteiger partial charge on any atom is -0.481 e. The first-order valence-electron chi connectivity index (χ1n) is 6.89. The van der Waals surface area contributed by atoms with E-state index in [0.717, 1.165) is 6.42 Å². The number of nitrogens with one attached hydrogen (secondary N) is 1. The first-order chi connectivity index (χ1) is 10.1. The smallest absolute Gasteiger partial charge is 0.260 e. The number of ether oxygens (including phenoxy) is 1. The van der Waals surface area contributed by atoms with Crippen LogP contribution < -0.4 is 10.1 Å². The van der Waals surface area contributed by atoms with Gasteiger partial charge in [-0.3, -0.25) is 4.79 Å². The fourth-order valence-corrected chi connectivity index (χ4v) is 2.02. The molecule has 0 unspecified atom stereocenters. The normalized spacial score (nSPS) is 11.7. The molecule has 3 nitrogen and oxygen atoms in total. The van der Waals surface area contributed by atoms with Crippen molar-refractivity contribution in [1.82, 2.24) is 5.32 Å². The molecule has 1 atom stereocenters. The lowest BCUT2D eigenvalue weighted by Gasteiger charge is -2.14. The van der Waals surface area contributed by atoms with Gasteiger partial charge in [0.15, 0.2) is 6.10 Å². The minimum atomic E-state index is -0.540. The van der Waals surface area contributed by atoms with E-state index in [4.69, 9.17) is 16.3 Å². The molecule has 0 aromatic heterocycles. The van der Waals surface area contributed by atoms with E-state index in [-0.39, 0.29) is 5.91 Å². The fraction of sp³-hybridized carbons (Fsp3) is 0.235. The van der Waals surface area contributed by atoms with Crippen molar-refractivity contribution in [3.8, 4) is 5.75 Å². The van der Waals surface area contributed by atoms with Gasteiger partial charge in [0.2, 0.25) is 0 Å². The molecular formula is C17H18ClNO2. The largest absolute Gasteiger partial charge is 0.481 e. The zero-order chi connectivity index (χ0) is 15.1. The van der Waals surface area contributed by atoms with Gasteiger partial charge in [0, 0.05) is 11.6 Å². The zero-order valence-electron chi connectivity index (χ0n) is 11.9. The number of amides is 1. The Morgan fingerprint density at radius 2 is 1.81 bits per heavy atom. The van der Waals surface area contributed by atoms with Crippen LogP contribution in [0, 0.1) is 0 Å². The number of halogens is 1. The highest BCUT2D eigenvalue weighted by atomic mass is 35.5. The quantitative estimate of drug-likeness (QED) is 0.887. The van der Waals surface area contributed by atoms with E-state index in [0.29, 0.717) is 17.3 Å². The van der Waals surface area contributed by atoms with Crippen molar-refractivity contribution < 1.29 is 9.53 Å². The molecule has 0 saturated carbocycles. The van der Waals surface area contributed by atoms with Crippen LogP contribution in [-0.2, 0) is 11.2 Å². The molecule has 0 saturated heterocycles. The van der Waals surface area contributed by atoms with Gasteiger partial charge in [-0.2, -0.15) is 0 Å². The summed E-state index contributed by atoms with van der Waals surface area (Å²) < 4.78 is 5.56. The average molecular weight is 304 g/mol. The molecule has 110 valence electrons. The Bertz CT molecular complexity index is 569. The highest BCUT2D eigenvalue weighted by Crippen LogP contribution is 2.16. The molecule has 1 N–H and O–H groups in total. The highest BCUT2D eigenvalue weighted by molar-refractivity contribution is 6.30. The summed E-state index contributed by atoms with van der Waals surface area (Å²) in [5.41, 5.74) is 1.20. The molecule has 0 aliphatic rings. The molecule has 21 heavy (non-hydrogen) atoms. The third kappa shape index (κ3) is 5.12. The maximum Gasteiger partial charge on any atom is 0.260 e. The molecule has 2 aromatic carbocycles. The van der Waals surface area contributed by atoms with E-state index in [9.17, 15) is 4.79 Å². The molecule has 0 bridgehead atoms. The second kappa shape index (κ2) is 7.70. The van der Waals surface area contributed by atoms with E-state index in [1.165, 1.54) is 5.56 Å². The van der Waals surface area contributed by atoms with Crippen molar-refractivity contribution in [2.45, 2.75) is 19.4 Å². The summed E-state index contributed by atoms with van der Waals surface area (Å²) in [6.45, 7) is 2.32. The summed E-state index contributed by atoms with van der Waals surface area (Å²) >= 11 is 5.80. The maximum absolute atomic E-state index is 11.9. The summed E-state index contributed by atoms with van der Waals surface area (Å²) in [5.74, 6) is 0.506. The molecule has 0 radical (unpaired) electrons. The summed E-state index contributed by atoms with van der Waals surface area (Å²) in [7, 11) is 0. The van der Waals surface area contributed by atoms with Crippen LogP contribution in [0.15, 0.2) is 54.6 Å². The van der Waals surface area contributed by atoms with Gasteiger partial charge >= 0.3 is 0 Å². The van der Waals surface area contributed by atoms with Gasteiger partial charge in [-0.05, 0) is 43.2 Å². The third-order valence-electron chi connectivity index (χ3n) is 3.05. The van der Waals surface area contributed by atoms with Crippen LogP contribution in [0.4, 0.5) is 0 Å². The molecular weight excluding hydrogens is 286 g/mol. The van der Waals surface area contributed by atoms with Crippen molar-refractivity contribution >= 4 is 17.5 Å². The fourth-order valence-electron chi connectivity index (χ4n) is 1.89. The second-order valence-electron chi connectivity index (χ2n) is 4.74. The monoisotopic (exact) mass is 303 g/mol. The van der Waals surface area contributed by atoms with Crippen LogP contribution in [-0.4, -0.2) is 18.6 Å². The Balaban J connectivity index is 1.76. The van der Waals surface area contributed by atoms with Crippen LogP contribution in [0.25, 0.3) is 0 Å².